The van der Waals surface area contributed by atoms with Gasteiger partial charge in [-0.25, -0.2) is 8.42 Å². The third-order valence-electron chi connectivity index (χ3n) is 3.94. The van der Waals surface area contributed by atoms with Crippen molar-refractivity contribution in [3.05, 3.63) is 52.5 Å². The van der Waals surface area contributed by atoms with Crippen LogP contribution in [0.1, 0.15) is 5.56 Å². The van der Waals surface area contributed by atoms with Crippen molar-refractivity contribution < 1.29 is 13.2 Å². The van der Waals surface area contributed by atoms with Gasteiger partial charge in [-0.15, -0.1) is 0 Å². The molecule has 0 radical (unpaired) electrons. The maximum absolute atomic E-state index is 12.6. The topological polar surface area (TPSA) is 58.6 Å². The number of hydrogen-bond acceptors (Lipinski definition) is 4. The number of rotatable bonds is 4. The molecule has 1 aliphatic rings. The van der Waals surface area contributed by atoms with E-state index in [2.05, 4.69) is 25.6 Å². The van der Waals surface area contributed by atoms with Gasteiger partial charge >= 0.3 is 0 Å². The molecule has 5 nitrogen and oxygen atoms in total. The fourth-order valence-corrected chi connectivity index (χ4v) is 4.48. The van der Waals surface area contributed by atoms with Crippen LogP contribution in [0.25, 0.3) is 0 Å². The summed E-state index contributed by atoms with van der Waals surface area (Å²) in [5.74, 6) is 0. The molecular formula is C17H19BrN2O3S. The molecule has 1 aliphatic heterocycles. The smallest absolute Gasteiger partial charge is 0.262 e. The van der Waals surface area contributed by atoms with Crippen LogP contribution in [0.4, 0.5) is 11.4 Å². The van der Waals surface area contributed by atoms with Gasteiger partial charge in [0.25, 0.3) is 10.0 Å². The first-order valence-electron chi connectivity index (χ1n) is 7.67. The lowest BCUT2D eigenvalue weighted by molar-refractivity contribution is 0.122. The molecule has 2 aromatic rings. The summed E-state index contributed by atoms with van der Waals surface area (Å²) in [6.45, 7) is 4.92. The average molecular weight is 411 g/mol. The Morgan fingerprint density at radius 1 is 1.08 bits per heavy atom. The van der Waals surface area contributed by atoms with Crippen LogP contribution in [0.3, 0.4) is 0 Å². The molecule has 128 valence electrons. The lowest BCUT2D eigenvalue weighted by atomic mass is 10.2. The van der Waals surface area contributed by atoms with Crippen molar-refractivity contribution in [2.24, 2.45) is 0 Å². The summed E-state index contributed by atoms with van der Waals surface area (Å²) >= 11 is 3.32. The molecule has 24 heavy (non-hydrogen) atoms. The standard InChI is InChI=1S/C17H19BrN2O3S/c1-13-2-3-14(18)12-17(13)24(21,22)19-15-4-6-16(7-5-15)20-8-10-23-11-9-20/h2-7,12,19H,8-11H2,1H3. The Kier molecular flexibility index (Phi) is 5.12. The fourth-order valence-electron chi connectivity index (χ4n) is 2.64. The third-order valence-corrected chi connectivity index (χ3v) is 5.95. The van der Waals surface area contributed by atoms with Crippen LogP contribution in [0, 0.1) is 6.92 Å². The van der Waals surface area contributed by atoms with Crippen LogP contribution in [0.15, 0.2) is 51.8 Å². The van der Waals surface area contributed by atoms with E-state index in [9.17, 15) is 8.42 Å². The second-order valence-electron chi connectivity index (χ2n) is 5.66. The van der Waals surface area contributed by atoms with Gasteiger partial charge in [0, 0.05) is 28.9 Å². The Morgan fingerprint density at radius 3 is 2.42 bits per heavy atom. The molecule has 0 aliphatic carbocycles. The van der Waals surface area contributed by atoms with Gasteiger partial charge in [-0.1, -0.05) is 22.0 Å². The number of anilines is 2. The fraction of sp³-hybridized carbons (Fsp3) is 0.294. The third kappa shape index (κ3) is 3.91. The Hall–Kier alpha value is -1.57. The lowest BCUT2D eigenvalue weighted by Crippen LogP contribution is -2.36. The van der Waals surface area contributed by atoms with Gasteiger partial charge in [0.1, 0.15) is 0 Å². The summed E-state index contributed by atoms with van der Waals surface area (Å²) in [4.78, 5) is 2.49. The predicted molar refractivity (Wildman–Crippen MR) is 99.2 cm³/mol. The highest BCUT2D eigenvalue weighted by Gasteiger charge is 2.18. The number of ether oxygens (including phenoxy) is 1. The number of hydrogen-bond donors (Lipinski definition) is 1. The van der Waals surface area contributed by atoms with E-state index in [1.807, 2.05) is 18.2 Å². The molecule has 7 heteroatoms. The highest BCUT2D eigenvalue weighted by molar-refractivity contribution is 9.10. The van der Waals surface area contributed by atoms with Crippen LogP contribution < -0.4 is 9.62 Å². The first-order valence-corrected chi connectivity index (χ1v) is 9.95. The Morgan fingerprint density at radius 2 is 1.75 bits per heavy atom. The number of morpholine rings is 1. The average Bonchev–Trinajstić information content (AvgIpc) is 2.58. The molecule has 1 saturated heterocycles. The molecule has 1 N–H and O–H groups in total. The Balaban J connectivity index is 1.78. The zero-order valence-corrected chi connectivity index (χ0v) is 15.7. The van der Waals surface area contributed by atoms with E-state index in [1.54, 1.807) is 31.2 Å². The van der Waals surface area contributed by atoms with Crippen LogP contribution in [-0.4, -0.2) is 34.7 Å². The highest BCUT2D eigenvalue weighted by Crippen LogP contribution is 2.24. The molecule has 0 aromatic heterocycles. The predicted octanol–water partition coefficient (Wildman–Crippen LogP) is 3.39. The number of nitrogens with zero attached hydrogens (tertiary/aromatic N) is 1. The highest BCUT2D eigenvalue weighted by atomic mass is 79.9. The molecule has 1 heterocycles. The Bertz CT molecular complexity index is 816. The van der Waals surface area contributed by atoms with Crippen LogP contribution in [-0.2, 0) is 14.8 Å². The summed E-state index contributed by atoms with van der Waals surface area (Å²) < 4.78 is 33.9. The normalized spacial score (nSPS) is 15.3. The zero-order chi connectivity index (χ0) is 17.2. The van der Waals surface area contributed by atoms with E-state index in [1.165, 1.54) is 0 Å². The van der Waals surface area contributed by atoms with Gasteiger partial charge in [-0.05, 0) is 48.9 Å². The zero-order valence-electron chi connectivity index (χ0n) is 13.3. The summed E-state index contributed by atoms with van der Waals surface area (Å²) in [5.41, 5.74) is 2.32. The van der Waals surface area contributed by atoms with E-state index in [4.69, 9.17) is 4.74 Å². The lowest BCUT2D eigenvalue weighted by Gasteiger charge is -2.28. The monoisotopic (exact) mass is 410 g/mol. The minimum Gasteiger partial charge on any atom is -0.378 e. The summed E-state index contributed by atoms with van der Waals surface area (Å²) in [6.07, 6.45) is 0. The molecule has 1 fully saturated rings. The van der Waals surface area contributed by atoms with E-state index in [0.29, 0.717) is 11.3 Å². The maximum atomic E-state index is 12.6. The molecule has 0 spiro atoms. The molecule has 2 aromatic carbocycles. The van der Waals surface area contributed by atoms with Gasteiger partial charge in [0.2, 0.25) is 0 Å². The maximum Gasteiger partial charge on any atom is 0.262 e. The largest absolute Gasteiger partial charge is 0.378 e. The van der Waals surface area contributed by atoms with Crippen LogP contribution >= 0.6 is 15.9 Å². The number of sulfonamides is 1. The Labute approximate surface area is 150 Å². The second-order valence-corrected chi connectivity index (χ2v) is 8.23. The summed E-state index contributed by atoms with van der Waals surface area (Å²) in [5, 5.41) is 0. The van der Waals surface area contributed by atoms with Crippen LogP contribution in [0.5, 0.6) is 0 Å². The van der Waals surface area contributed by atoms with Crippen molar-refractivity contribution in [3.8, 4) is 0 Å². The van der Waals surface area contributed by atoms with Crippen LogP contribution in [0.2, 0.25) is 0 Å². The summed E-state index contributed by atoms with van der Waals surface area (Å²) in [6, 6.07) is 12.6. The molecule has 0 atom stereocenters. The molecular weight excluding hydrogens is 392 g/mol. The molecule has 0 saturated carbocycles. The van der Waals surface area contributed by atoms with E-state index in [0.717, 1.165) is 36.5 Å². The number of aryl methyl sites for hydroxylation is 1. The first kappa shape index (κ1) is 17.3. The SMILES string of the molecule is Cc1ccc(Br)cc1S(=O)(=O)Nc1ccc(N2CCOCC2)cc1. The quantitative estimate of drug-likeness (QED) is 0.838. The van der Waals surface area contributed by atoms with Crippen molar-refractivity contribution in [1.29, 1.82) is 0 Å². The van der Waals surface area contributed by atoms with Crippen molar-refractivity contribution in [1.82, 2.24) is 0 Å². The van der Waals surface area contributed by atoms with Crippen molar-refractivity contribution in [2.45, 2.75) is 11.8 Å². The summed E-state index contributed by atoms with van der Waals surface area (Å²) in [7, 11) is -3.62. The second kappa shape index (κ2) is 7.13. The number of halogens is 1. The van der Waals surface area contributed by atoms with Gasteiger partial charge in [0.05, 0.1) is 18.1 Å². The van der Waals surface area contributed by atoms with Crippen molar-refractivity contribution in [2.75, 3.05) is 35.9 Å². The minimum absolute atomic E-state index is 0.272. The minimum atomic E-state index is -3.62. The first-order chi connectivity index (χ1) is 11.5. The molecule has 0 amide bonds. The van der Waals surface area contributed by atoms with E-state index in [-0.39, 0.29) is 4.90 Å². The van der Waals surface area contributed by atoms with Gasteiger partial charge in [-0.3, -0.25) is 4.72 Å². The van der Waals surface area contributed by atoms with Crippen molar-refractivity contribution >= 4 is 37.3 Å². The van der Waals surface area contributed by atoms with Gasteiger partial charge in [0.15, 0.2) is 0 Å². The van der Waals surface area contributed by atoms with E-state index >= 15 is 0 Å². The number of benzene rings is 2. The van der Waals surface area contributed by atoms with E-state index < -0.39 is 10.0 Å². The number of nitrogens with one attached hydrogen (secondary N) is 1. The molecule has 3 rings (SSSR count). The van der Waals surface area contributed by atoms with Crippen molar-refractivity contribution in [3.63, 3.8) is 0 Å². The van der Waals surface area contributed by atoms with Gasteiger partial charge < -0.3 is 9.64 Å². The molecule has 0 unspecified atom stereocenters. The molecule has 0 bridgehead atoms. The van der Waals surface area contributed by atoms with Gasteiger partial charge in [-0.2, -0.15) is 0 Å².